The minimum Gasteiger partial charge on any atom is -0.411 e. The van der Waals surface area contributed by atoms with Gasteiger partial charge in [0.15, 0.2) is 0 Å². The Morgan fingerprint density at radius 1 is 1.82 bits per heavy atom. The summed E-state index contributed by atoms with van der Waals surface area (Å²) in [5.74, 6) is 0. The predicted octanol–water partition coefficient (Wildman–Crippen LogP) is 0.557. The summed E-state index contributed by atoms with van der Waals surface area (Å²) in [4.78, 5) is 3.96. The van der Waals surface area contributed by atoms with Crippen molar-refractivity contribution in [3.05, 3.63) is 11.8 Å². The molecule has 0 spiro atoms. The van der Waals surface area contributed by atoms with Gasteiger partial charge >= 0.3 is 0 Å². The first-order valence-electron chi connectivity index (χ1n) is 3.32. The fraction of sp³-hybridized carbons (Fsp3) is 0.429. The number of aliphatic hydroxyl groups is 1. The van der Waals surface area contributed by atoms with E-state index in [4.69, 9.17) is 10.3 Å². The highest BCUT2D eigenvalue weighted by Gasteiger charge is 2.11. The van der Waals surface area contributed by atoms with Gasteiger partial charge in [0.25, 0.3) is 0 Å². The normalized spacial score (nSPS) is 18.2. The Balaban J connectivity index is 2.59. The summed E-state index contributed by atoms with van der Waals surface area (Å²) in [5, 5.41) is 20.1. The maximum absolute atomic E-state index is 8.69. The van der Waals surface area contributed by atoms with Crippen LogP contribution in [0.5, 0.6) is 0 Å². The van der Waals surface area contributed by atoms with E-state index in [1.54, 1.807) is 13.1 Å². The van der Waals surface area contributed by atoms with Gasteiger partial charge in [-0.15, -0.1) is 0 Å². The molecule has 1 aliphatic rings. The predicted molar refractivity (Wildman–Crippen MR) is 42.1 cm³/mol. The smallest absolute Gasteiger partial charge is 0.0982 e. The first kappa shape index (κ1) is 7.94. The molecule has 0 unspecified atom stereocenters. The zero-order valence-electron chi connectivity index (χ0n) is 6.28. The maximum Gasteiger partial charge on any atom is 0.0982 e. The van der Waals surface area contributed by atoms with Gasteiger partial charge in [0.05, 0.1) is 18.0 Å². The minimum atomic E-state index is 0.0196. The van der Waals surface area contributed by atoms with E-state index in [-0.39, 0.29) is 6.61 Å². The highest BCUT2D eigenvalue weighted by molar-refractivity contribution is 6.42. The molecule has 2 N–H and O–H groups in total. The van der Waals surface area contributed by atoms with Crippen molar-refractivity contribution in [3.8, 4) is 0 Å². The van der Waals surface area contributed by atoms with Gasteiger partial charge in [-0.05, 0) is 12.5 Å². The van der Waals surface area contributed by atoms with Gasteiger partial charge in [0, 0.05) is 12.6 Å². The average molecular weight is 154 g/mol. The fourth-order valence-electron chi connectivity index (χ4n) is 0.851. The number of aliphatic imine (C=N–C) groups is 1. The van der Waals surface area contributed by atoms with Crippen LogP contribution >= 0.6 is 0 Å². The molecule has 0 atom stereocenters. The quantitative estimate of drug-likeness (QED) is 0.346. The van der Waals surface area contributed by atoms with Crippen LogP contribution in [0.25, 0.3) is 0 Å². The third kappa shape index (κ3) is 1.65. The third-order valence-electron chi connectivity index (χ3n) is 1.57. The molecule has 0 saturated heterocycles. The number of hydrogen-bond acceptors (Lipinski definition) is 4. The molecule has 1 aliphatic heterocycles. The Hall–Kier alpha value is -1.16. The Morgan fingerprint density at radius 3 is 3.00 bits per heavy atom. The monoisotopic (exact) mass is 154 g/mol. The molecule has 4 nitrogen and oxygen atoms in total. The molecule has 0 aromatic carbocycles. The second kappa shape index (κ2) is 3.30. The summed E-state index contributed by atoms with van der Waals surface area (Å²) >= 11 is 0. The van der Waals surface area contributed by atoms with Crippen LogP contribution in [0.4, 0.5) is 0 Å². The highest BCUT2D eigenvalue weighted by Crippen LogP contribution is 2.11. The number of nitrogens with zero attached hydrogens (tertiary/aromatic N) is 2. The van der Waals surface area contributed by atoms with E-state index in [0.717, 1.165) is 11.3 Å². The van der Waals surface area contributed by atoms with Crippen molar-refractivity contribution in [1.29, 1.82) is 0 Å². The third-order valence-corrected chi connectivity index (χ3v) is 1.57. The van der Waals surface area contributed by atoms with E-state index >= 15 is 0 Å². The lowest BCUT2D eigenvalue weighted by Gasteiger charge is -1.96. The van der Waals surface area contributed by atoms with E-state index in [1.165, 1.54) is 0 Å². The maximum atomic E-state index is 8.69. The molecular formula is C7H10N2O2. The van der Waals surface area contributed by atoms with Crippen molar-refractivity contribution in [2.45, 2.75) is 13.3 Å². The van der Waals surface area contributed by atoms with Gasteiger partial charge < -0.3 is 10.3 Å². The minimum absolute atomic E-state index is 0.0196. The van der Waals surface area contributed by atoms with Gasteiger partial charge in [-0.1, -0.05) is 5.16 Å². The number of oxime groups is 1. The topological polar surface area (TPSA) is 65.2 Å². The lowest BCUT2D eigenvalue weighted by molar-refractivity contribution is 0.319. The largest absolute Gasteiger partial charge is 0.411 e. The van der Waals surface area contributed by atoms with E-state index in [9.17, 15) is 0 Å². The molecule has 0 aliphatic carbocycles. The Morgan fingerprint density at radius 2 is 2.55 bits per heavy atom. The lowest BCUT2D eigenvalue weighted by Crippen LogP contribution is -2.08. The zero-order valence-corrected chi connectivity index (χ0v) is 6.28. The van der Waals surface area contributed by atoms with Gasteiger partial charge in [0.1, 0.15) is 0 Å². The van der Waals surface area contributed by atoms with Crippen molar-refractivity contribution in [2.75, 3.05) is 6.61 Å². The van der Waals surface area contributed by atoms with E-state index in [1.807, 2.05) is 0 Å². The van der Waals surface area contributed by atoms with Crippen LogP contribution in [0.15, 0.2) is 21.9 Å². The molecule has 4 heteroatoms. The summed E-state index contributed by atoms with van der Waals surface area (Å²) in [6.45, 7) is 1.69. The molecule has 0 amide bonds. The van der Waals surface area contributed by atoms with Crippen molar-refractivity contribution in [1.82, 2.24) is 0 Å². The zero-order chi connectivity index (χ0) is 8.27. The number of rotatable bonds is 2. The SMILES string of the molecule is CC(=NO)C1=NC=C(CO)C1. The molecule has 11 heavy (non-hydrogen) atoms. The molecular weight excluding hydrogens is 144 g/mol. The summed E-state index contributed by atoms with van der Waals surface area (Å²) in [7, 11) is 0. The van der Waals surface area contributed by atoms with Crippen LogP contribution in [-0.4, -0.2) is 28.3 Å². The molecule has 0 fully saturated rings. The number of aliphatic hydroxyl groups excluding tert-OH is 1. The molecule has 0 saturated carbocycles. The Bertz CT molecular complexity index is 241. The first-order chi connectivity index (χ1) is 5.27. The van der Waals surface area contributed by atoms with Crippen LogP contribution in [-0.2, 0) is 0 Å². The second-order valence-electron chi connectivity index (χ2n) is 2.38. The fourth-order valence-corrected chi connectivity index (χ4v) is 0.851. The molecule has 60 valence electrons. The van der Waals surface area contributed by atoms with Gasteiger partial charge in [-0.25, -0.2) is 0 Å². The highest BCUT2D eigenvalue weighted by atomic mass is 16.4. The van der Waals surface area contributed by atoms with Crippen molar-refractivity contribution >= 4 is 11.4 Å². The molecule has 0 aromatic heterocycles. The Kier molecular flexibility index (Phi) is 2.38. The van der Waals surface area contributed by atoms with Crippen molar-refractivity contribution < 1.29 is 10.3 Å². The lowest BCUT2D eigenvalue weighted by atomic mass is 10.1. The van der Waals surface area contributed by atoms with Crippen LogP contribution in [0.1, 0.15) is 13.3 Å². The van der Waals surface area contributed by atoms with Gasteiger partial charge in [-0.2, -0.15) is 0 Å². The second-order valence-corrected chi connectivity index (χ2v) is 2.38. The molecule has 1 rings (SSSR count). The van der Waals surface area contributed by atoms with Crippen molar-refractivity contribution in [3.63, 3.8) is 0 Å². The van der Waals surface area contributed by atoms with Gasteiger partial charge in [0.2, 0.25) is 0 Å². The summed E-state index contributed by atoms with van der Waals surface area (Å²) < 4.78 is 0. The molecule has 0 aromatic rings. The van der Waals surface area contributed by atoms with Gasteiger partial charge in [-0.3, -0.25) is 4.99 Å². The first-order valence-corrected chi connectivity index (χ1v) is 3.32. The molecule has 0 radical (unpaired) electrons. The van der Waals surface area contributed by atoms with E-state index in [0.29, 0.717) is 12.1 Å². The summed E-state index contributed by atoms with van der Waals surface area (Å²) in [6.07, 6.45) is 2.19. The Labute approximate surface area is 64.6 Å². The summed E-state index contributed by atoms with van der Waals surface area (Å²) in [6, 6.07) is 0. The van der Waals surface area contributed by atoms with Crippen LogP contribution in [0.2, 0.25) is 0 Å². The average Bonchev–Trinajstić information content (AvgIpc) is 2.50. The van der Waals surface area contributed by atoms with Crippen LogP contribution < -0.4 is 0 Å². The molecule has 1 heterocycles. The summed E-state index contributed by atoms with van der Waals surface area (Å²) in [5.41, 5.74) is 2.07. The van der Waals surface area contributed by atoms with E-state index < -0.39 is 0 Å². The standard InChI is InChI=1S/C7H10N2O2/c1-5(9-11)7-2-6(4-10)3-8-7/h3,10-11H,2,4H2,1H3. The van der Waals surface area contributed by atoms with Crippen molar-refractivity contribution in [2.24, 2.45) is 10.1 Å². The van der Waals surface area contributed by atoms with E-state index in [2.05, 4.69) is 10.1 Å². The van der Waals surface area contributed by atoms with Crippen LogP contribution in [0, 0.1) is 0 Å². The number of hydrogen-bond donors (Lipinski definition) is 2. The molecule has 0 bridgehead atoms. The van der Waals surface area contributed by atoms with Crippen LogP contribution in [0.3, 0.4) is 0 Å².